The number of aryl methyl sites for hydroxylation is 1. The number of halogens is 1. The van der Waals surface area contributed by atoms with E-state index >= 15 is 0 Å². The smallest absolute Gasteiger partial charge is 0.264 e. The molecule has 1 atom stereocenters. The van der Waals surface area contributed by atoms with Gasteiger partial charge in [0.2, 0.25) is 11.8 Å². The van der Waals surface area contributed by atoms with Gasteiger partial charge in [-0.2, -0.15) is 0 Å². The van der Waals surface area contributed by atoms with E-state index in [2.05, 4.69) is 5.32 Å². The molecule has 0 saturated heterocycles. The normalized spacial score (nSPS) is 12.0. The monoisotopic (exact) mass is 555 g/mol. The lowest BCUT2D eigenvalue weighted by atomic mass is 10.1. The maximum absolute atomic E-state index is 14.0. The highest BCUT2D eigenvalue weighted by Crippen LogP contribution is 2.27. The number of rotatable bonds is 12. The molecule has 0 heterocycles. The fourth-order valence-corrected chi connectivity index (χ4v) is 5.78. The molecule has 3 rings (SSSR count). The fraction of sp³-hybridized carbons (Fsp3) is 0.310. The molecule has 0 fully saturated rings. The van der Waals surface area contributed by atoms with E-state index in [1.807, 2.05) is 45.0 Å². The number of sulfonamides is 1. The van der Waals surface area contributed by atoms with Gasteiger partial charge in [0.05, 0.1) is 10.6 Å². The summed E-state index contributed by atoms with van der Waals surface area (Å²) in [5.74, 6) is -0.764. The van der Waals surface area contributed by atoms with Gasteiger partial charge in [-0.05, 0) is 55.7 Å². The summed E-state index contributed by atoms with van der Waals surface area (Å²) in [5, 5.41) is 3.22. The number of anilines is 1. The Morgan fingerprint density at radius 3 is 2.29 bits per heavy atom. The van der Waals surface area contributed by atoms with Crippen LogP contribution >= 0.6 is 11.6 Å². The summed E-state index contributed by atoms with van der Waals surface area (Å²) in [4.78, 5) is 28.6. The topological polar surface area (TPSA) is 86.8 Å². The van der Waals surface area contributed by atoms with Crippen molar-refractivity contribution in [1.29, 1.82) is 0 Å². The lowest BCUT2D eigenvalue weighted by Crippen LogP contribution is -2.52. The van der Waals surface area contributed by atoms with Crippen molar-refractivity contribution in [3.63, 3.8) is 0 Å². The number of nitrogens with zero attached hydrogens (tertiary/aromatic N) is 2. The van der Waals surface area contributed by atoms with Gasteiger partial charge in [0.1, 0.15) is 12.6 Å². The van der Waals surface area contributed by atoms with Crippen molar-refractivity contribution in [2.75, 3.05) is 17.4 Å². The Bertz CT molecular complexity index is 1350. The van der Waals surface area contributed by atoms with Gasteiger partial charge in [-0.25, -0.2) is 8.42 Å². The van der Waals surface area contributed by atoms with E-state index in [1.165, 1.54) is 23.1 Å². The largest absolute Gasteiger partial charge is 0.354 e. The van der Waals surface area contributed by atoms with Crippen LogP contribution in [0.25, 0.3) is 0 Å². The Hall–Kier alpha value is -3.36. The lowest BCUT2D eigenvalue weighted by Gasteiger charge is -2.33. The molecule has 1 unspecified atom stereocenters. The first kappa shape index (κ1) is 29.2. The Labute approximate surface area is 230 Å². The van der Waals surface area contributed by atoms with Crippen LogP contribution in [0, 0.1) is 6.92 Å². The summed E-state index contributed by atoms with van der Waals surface area (Å²) in [6.45, 7) is 5.89. The Morgan fingerprint density at radius 2 is 1.66 bits per heavy atom. The quantitative estimate of drug-likeness (QED) is 0.334. The van der Waals surface area contributed by atoms with Gasteiger partial charge in [0.25, 0.3) is 10.0 Å². The van der Waals surface area contributed by atoms with Crippen molar-refractivity contribution in [1.82, 2.24) is 10.2 Å². The first-order valence-electron chi connectivity index (χ1n) is 12.6. The number of hydrogen-bond donors (Lipinski definition) is 1. The average molecular weight is 556 g/mol. The maximum atomic E-state index is 14.0. The predicted molar refractivity (Wildman–Crippen MR) is 152 cm³/mol. The minimum atomic E-state index is -4.12. The zero-order chi connectivity index (χ0) is 27.7. The number of carbonyl (C=O) groups is 2. The zero-order valence-corrected chi connectivity index (χ0v) is 23.5. The molecule has 9 heteroatoms. The average Bonchev–Trinajstić information content (AvgIpc) is 2.90. The molecule has 0 aliphatic carbocycles. The minimum Gasteiger partial charge on any atom is -0.354 e. The summed E-state index contributed by atoms with van der Waals surface area (Å²) in [6.07, 6.45) is 1.13. The molecule has 3 aromatic rings. The summed E-state index contributed by atoms with van der Waals surface area (Å²) in [6, 6.07) is 21.2. The van der Waals surface area contributed by atoms with Crippen molar-refractivity contribution in [3.8, 4) is 0 Å². The highest BCUT2D eigenvalue weighted by molar-refractivity contribution is 7.92. The first-order chi connectivity index (χ1) is 18.2. The predicted octanol–water partition coefficient (Wildman–Crippen LogP) is 5.18. The second-order valence-corrected chi connectivity index (χ2v) is 11.3. The van der Waals surface area contributed by atoms with Crippen LogP contribution in [-0.2, 0) is 26.2 Å². The number of benzene rings is 3. The highest BCUT2D eigenvalue weighted by Gasteiger charge is 2.33. The maximum Gasteiger partial charge on any atom is 0.264 e. The lowest BCUT2D eigenvalue weighted by molar-refractivity contribution is -0.140. The molecule has 202 valence electrons. The van der Waals surface area contributed by atoms with E-state index < -0.39 is 28.5 Å². The van der Waals surface area contributed by atoms with Crippen LogP contribution in [-0.4, -0.2) is 44.3 Å². The molecule has 7 nitrogen and oxygen atoms in total. The molecule has 0 spiro atoms. The van der Waals surface area contributed by atoms with Crippen LogP contribution in [0.2, 0.25) is 5.02 Å². The molecule has 2 amide bonds. The summed E-state index contributed by atoms with van der Waals surface area (Å²) in [7, 11) is -4.12. The van der Waals surface area contributed by atoms with Crippen molar-refractivity contribution >= 4 is 39.1 Å². The van der Waals surface area contributed by atoms with Crippen molar-refractivity contribution in [2.24, 2.45) is 0 Å². The summed E-state index contributed by atoms with van der Waals surface area (Å²) in [5.41, 5.74) is 2.12. The van der Waals surface area contributed by atoms with E-state index in [0.29, 0.717) is 18.0 Å². The molecule has 0 saturated carbocycles. The molecular formula is C29H34ClN3O4S. The molecule has 38 heavy (non-hydrogen) atoms. The third-order valence-electron chi connectivity index (χ3n) is 6.08. The molecule has 0 aromatic heterocycles. The number of hydrogen-bond acceptors (Lipinski definition) is 4. The van der Waals surface area contributed by atoms with Crippen LogP contribution in [0.1, 0.15) is 37.8 Å². The molecular weight excluding hydrogens is 522 g/mol. The van der Waals surface area contributed by atoms with Crippen LogP contribution < -0.4 is 9.62 Å². The molecule has 1 N–H and O–H groups in total. The molecule has 0 aliphatic rings. The van der Waals surface area contributed by atoms with E-state index in [0.717, 1.165) is 21.9 Å². The third-order valence-corrected chi connectivity index (χ3v) is 8.10. The van der Waals surface area contributed by atoms with E-state index in [1.54, 1.807) is 36.4 Å². The van der Waals surface area contributed by atoms with Crippen molar-refractivity contribution < 1.29 is 18.0 Å². The van der Waals surface area contributed by atoms with E-state index in [4.69, 9.17) is 11.6 Å². The van der Waals surface area contributed by atoms with Crippen LogP contribution in [0.3, 0.4) is 0 Å². The van der Waals surface area contributed by atoms with Crippen LogP contribution in [0.4, 0.5) is 5.69 Å². The molecule has 0 radical (unpaired) electrons. The Kier molecular flexibility index (Phi) is 10.3. The number of amides is 2. The number of carbonyl (C=O) groups excluding carboxylic acids is 2. The van der Waals surface area contributed by atoms with Gasteiger partial charge < -0.3 is 10.2 Å². The SMILES string of the molecule is CCCNC(=O)C(CC)N(Cc1cccc(C)c1)C(=O)CN(c1cccc(Cl)c1)S(=O)(=O)c1ccccc1. The van der Waals surface area contributed by atoms with Gasteiger partial charge in [0.15, 0.2) is 0 Å². The van der Waals surface area contributed by atoms with E-state index in [-0.39, 0.29) is 23.0 Å². The first-order valence-corrected chi connectivity index (χ1v) is 14.4. The third kappa shape index (κ3) is 7.36. The van der Waals surface area contributed by atoms with E-state index in [9.17, 15) is 18.0 Å². The minimum absolute atomic E-state index is 0.0470. The second kappa shape index (κ2) is 13.4. The summed E-state index contributed by atoms with van der Waals surface area (Å²) >= 11 is 6.20. The number of nitrogens with one attached hydrogen (secondary N) is 1. The van der Waals surface area contributed by atoms with Gasteiger partial charge in [-0.1, -0.05) is 79.5 Å². The van der Waals surface area contributed by atoms with Gasteiger partial charge >= 0.3 is 0 Å². The van der Waals surface area contributed by atoms with Crippen LogP contribution in [0.5, 0.6) is 0 Å². The Balaban J connectivity index is 2.04. The van der Waals surface area contributed by atoms with Crippen molar-refractivity contribution in [2.45, 2.75) is 51.1 Å². The Morgan fingerprint density at radius 1 is 0.947 bits per heavy atom. The zero-order valence-electron chi connectivity index (χ0n) is 21.9. The fourth-order valence-electron chi connectivity index (χ4n) is 4.17. The van der Waals surface area contributed by atoms with Crippen LogP contribution in [0.15, 0.2) is 83.8 Å². The van der Waals surface area contributed by atoms with Gasteiger partial charge in [-0.3, -0.25) is 13.9 Å². The molecule has 3 aromatic carbocycles. The standard InChI is InChI=1S/C29H34ClN3O4S/c1-4-17-31-29(35)27(5-2)32(20-23-12-9-11-22(3)18-23)28(34)21-33(25-14-10-13-24(30)19-25)38(36,37)26-15-7-6-8-16-26/h6-16,18-19,27H,4-5,17,20-21H2,1-3H3,(H,31,35). The highest BCUT2D eigenvalue weighted by atomic mass is 35.5. The van der Waals surface area contributed by atoms with Gasteiger partial charge in [0, 0.05) is 18.1 Å². The molecule has 0 aliphatic heterocycles. The molecule has 0 bridgehead atoms. The van der Waals surface area contributed by atoms with Gasteiger partial charge in [-0.15, -0.1) is 0 Å². The summed E-state index contributed by atoms with van der Waals surface area (Å²) < 4.78 is 28.6. The second-order valence-electron chi connectivity index (χ2n) is 9.03. The van der Waals surface area contributed by atoms with Crippen molar-refractivity contribution in [3.05, 3.63) is 95.0 Å².